The van der Waals surface area contributed by atoms with Crippen LogP contribution in [0.3, 0.4) is 0 Å². The highest BCUT2D eigenvalue weighted by atomic mass is 79.9. The smallest absolute Gasteiger partial charge is 0.237 e. The molecular weight excluding hydrogens is 386 g/mol. The van der Waals surface area contributed by atoms with E-state index in [0.717, 1.165) is 26.7 Å². The summed E-state index contributed by atoms with van der Waals surface area (Å²) < 4.78 is 7.35. The molecule has 0 aliphatic carbocycles. The van der Waals surface area contributed by atoms with Gasteiger partial charge in [0.05, 0.1) is 13.2 Å². The van der Waals surface area contributed by atoms with E-state index in [9.17, 15) is 0 Å². The zero-order chi connectivity index (χ0) is 14.5. The maximum absolute atomic E-state index is 5.32. The third-order valence-electron chi connectivity index (χ3n) is 2.84. The highest BCUT2D eigenvalue weighted by Gasteiger charge is 2.22. The predicted octanol–water partition coefficient (Wildman–Crippen LogP) is 3.71. The molecule has 0 saturated carbocycles. The van der Waals surface area contributed by atoms with E-state index in [4.69, 9.17) is 4.74 Å². The Morgan fingerprint density at radius 3 is 2.70 bits per heavy atom. The third-order valence-corrected chi connectivity index (χ3v) is 4.05. The van der Waals surface area contributed by atoms with E-state index in [1.54, 1.807) is 19.5 Å². The summed E-state index contributed by atoms with van der Waals surface area (Å²) in [5.74, 6) is 0.533. The molecule has 0 aliphatic rings. The van der Waals surface area contributed by atoms with Crippen LogP contribution in [0.25, 0.3) is 0 Å². The Labute approximate surface area is 135 Å². The van der Waals surface area contributed by atoms with Crippen molar-refractivity contribution in [2.24, 2.45) is 0 Å². The first-order valence-electron chi connectivity index (χ1n) is 6.20. The maximum atomic E-state index is 5.32. The molecule has 4 nitrogen and oxygen atoms in total. The molecule has 1 N–H and O–H groups in total. The van der Waals surface area contributed by atoms with Crippen LogP contribution in [0.1, 0.15) is 24.2 Å². The van der Waals surface area contributed by atoms with Crippen LogP contribution in [0.5, 0.6) is 5.88 Å². The van der Waals surface area contributed by atoms with Gasteiger partial charge in [-0.25, -0.2) is 4.98 Å². The monoisotopic (exact) mass is 399 g/mol. The van der Waals surface area contributed by atoms with Crippen molar-refractivity contribution < 1.29 is 4.74 Å². The van der Waals surface area contributed by atoms with Gasteiger partial charge >= 0.3 is 0 Å². The fourth-order valence-electron chi connectivity index (χ4n) is 1.99. The van der Waals surface area contributed by atoms with Crippen molar-refractivity contribution in [2.45, 2.75) is 13.0 Å². The first-order valence-corrected chi connectivity index (χ1v) is 7.79. The van der Waals surface area contributed by atoms with Crippen LogP contribution in [0.4, 0.5) is 0 Å². The number of nitrogens with one attached hydrogen (secondary N) is 1. The molecule has 0 bridgehead atoms. The lowest BCUT2D eigenvalue weighted by atomic mass is 10.0. The molecule has 20 heavy (non-hydrogen) atoms. The minimum Gasteiger partial charge on any atom is -0.480 e. The van der Waals surface area contributed by atoms with E-state index in [0.29, 0.717) is 5.88 Å². The molecule has 1 unspecified atom stereocenters. The van der Waals surface area contributed by atoms with Crippen LogP contribution in [-0.2, 0) is 0 Å². The van der Waals surface area contributed by atoms with Gasteiger partial charge in [-0.05, 0) is 30.3 Å². The molecule has 1 aromatic carbocycles. The van der Waals surface area contributed by atoms with E-state index < -0.39 is 0 Å². The lowest BCUT2D eigenvalue weighted by molar-refractivity contribution is 0.383. The normalized spacial score (nSPS) is 12.2. The summed E-state index contributed by atoms with van der Waals surface area (Å²) >= 11 is 7.10. The summed E-state index contributed by atoms with van der Waals surface area (Å²) in [7, 11) is 1.60. The van der Waals surface area contributed by atoms with Gasteiger partial charge in [0, 0.05) is 21.3 Å². The molecule has 2 aromatic rings. The zero-order valence-corrected chi connectivity index (χ0v) is 14.4. The van der Waals surface area contributed by atoms with E-state index in [1.165, 1.54) is 0 Å². The molecule has 1 atom stereocenters. The predicted molar refractivity (Wildman–Crippen MR) is 85.9 cm³/mol. The van der Waals surface area contributed by atoms with E-state index in [1.807, 2.05) is 12.1 Å². The first-order chi connectivity index (χ1) is 9.67. The SMILES string of the molecule is CCNC(c1cc(Br)ccc1Br)c1nccnc1OC. The third kappa shape index (κ3) is 3.37. The van der Waals surface area contributed by atoms with Gasteiger partial charge in [0.15, 0.2) is 0 Å². The molecule has 6 heteroatoms. The number of methoxy groups -OCH3 is 1. The molecule has 0 saturated heterocycles. The van der Waals surface area contributed by atoms with Gasteiger partial charge in [0.2, 0.25) is 5.88 Å². The van der Waals surface area contributed by atoms with Crippen LogP contribution in [-0.4, -0.2) is 23.6 Å². The Morgan fingerprint density at radius 1 is 1.25 bits per heavy atom. The zero-order valence-electron chi connectivity index (χ0n) is 11.2. The second-order valence-corrected chi connectivity index (χ2v) is 5.88. The van der Waals surface area contributed by atoms with Gasteiger partial charge in [-0.2, -0.15) is 0 Å². The lowest BCUT2D eigenvalue weighted by Crippen LogP contribution is -2.24. The Morgan fingerprint density at radius 2 is 2.00 bits per heavy atom. The van der Waals surface area contributed by atoms with Gasteiger partial charge in [-0.15, -0.1) is 0 Å². The Balaban J connectivity index is 2.53. The number of hydrogen-bond acceptors (Lipinski definition) is 4. The molecule has 0 radical (unpaired) electrons. The molecule has 0 aliphatic heterocycles. The number of ether oxygens (including phenoxy) is 1. The lowest BCUT2D eigenvalue weighted by Gasteiger charge is -2.20. The first kappa shape index (κ1) is 15.4. The van der Waals surface area contributed by atoms with Gasteiger partial charge in [0.1, 0.15) is 5.69 Å². The minimum absolute atomic E-state index is 0.0875. The van der Waals surface area contributed by atoms with Gasteiger partial charge in [-0.1, -0.05) is 38.8 Å². The fraction of sp³-hybridized carbons (Fsp3) is 0.286. The summed E-state index contributed by atoms with van der Waals surface area (Å²) in [5, 5.41) is 3.42. The second-order valence-electron chi connectivity index (χ2n) is 4.11. The number of aromatic nitrogens is 2. The summed E-state index contributed by atoms with van der Waals surface area (Å²) in [4.78, 5) is 8.66. The van der Waals surface area contributed by atoms with Crippen molar-refractivity contribution in [2.75, 3.05) is 13.7 Å². The second kappa shape index (κ2) is 7.15. The quantitative estimate of drug-likeness (QED) is 0.830. The Hall–Kier alpha value is -0.980. The van der Waals surface area contributed by atoms with Crippen molar-refractivity contribution in [1.82, 2.24) is 15.3 Å². The topological polar surface area (TPSA) is 47.0 Å². The van der Waals surface area contributed by atoms with Crippen molar-refractivity contribution in [3.05, 3.63) is 50.8 Å². The summed E-state index contributed by atoms with van der Waals surface area (Å²) in [6, 6.07) is 5.97. The highest BCUT2D eigenvalue weighted by Crippen LogP contribution is 2.33. The molecule has 2 rings (SSSR count). The van der Waals surface area contributed by atoms with Gasteiger partial charge in [-0.3, -0.25) is 4.98 Å². The minimum atomic E-state index is -0.0875. The number of benzene rings is 1. The maximum Gasteiger partial charge on any atom is 0.237 e. The molecule has 0 fully saturated rings. The molecule has 0 spiro atoms. The van der Waals surface area contributed by atoms with E-state index in [-0.39, 0.29) is 6.04 Å². The van der Waals surface area contributed by atoms with Crippen LogP contribution in [0.15, 0.2) is 39.5 Å². The Bertz CT molecular complexity index is 592. The van der Waals surface area contributed by atoms with E-state index >= 15 is 0 Å². The van der Waals surface area contributed by atoms with Crippen LogP contribution < -0.4 is 10.1 Å². The molecule has 106 valence electrons. The number of hydrogen-bond donors (Lipinski definition) is 1. The fourth-order valence-corrected chi connectivity index (χ4v) is 2.84. The van der Waals surface area contributed by atoms with Crippen molar-refractivity contribution in [1.29, 1.82) is 0 Å². The van der Waals surface area contributed by atoms with Crippen molar-refractivity contribution in [3.8, 4) is 5.88 Å². The largest absolute Gasteiger partial charge is 0.480 e. The molecular formula is C14H15Br2N3O. The van der Waals surface area contributed by atoms with Crippen LogP contribution >= 0.6 is 31.9 Å². The van der Waals surface area contributed by atoms with Crippen molar-refractivity contribution >= 4 is 31.9 Å². The number of rotatable bonds is 5. The van der Waals surface area contributed by atoms with Gasteiger partial charge < -0.3 is 10.1 Å². The van der Waals surface area contributed by atoms with Crippen LogP contribution in [0.2, 0.25) is 0 Å². The van der Waals surface area contributed by atoms with Crippen molar-refractivity contribution in [3.63, 3.8) is 0 Å². The summed E-state index contributed by atoms with van der Waals surface area (Å²) in [5.41, 5.74) is 1.86. The standard InChI is InChI=1S/C14H15Br2N3O/c1-3-17-12(10-8-9(15)4-5-11(10)16)13-14(20-2)19-7-6-18-13/h4-8,12,17H,3H2,1-2H3. The number of nitrogens with zero attached hydrogens (tertiary/aromatic N) is 2. The van der Waals surface area contributed by atoms with Gasteiger partial charge in [0.25, 0.3) is 0 Å². The summed E-state index contributed by atoms with van der Waals surface area (Å²) in [6.07, 6.45) is 3.30. The number of halogens is 2. The average Bonchev–Trinajstić information content (AvgIpc) is 2.47. The highest BCUT2D eigenvalue weighted by molar-refractivity contribution is 9.11. The Kier molecular flexibility index (Phi) is 5.51. The molecule has 1 heterocycles. The molecule has 1 aromatic heterocycles. The average molecular weight is 401 g/mol. The van der Waals surface area contributed by atoms with Crippen LogP contribution in [0, 0.1) is 0 Å². The summed E-state index contributed by atoms with van der Waals surface area (Å²) in [6.45, 7) is 2.87. The molecule has 0 amide bonds. The van der Waals surface area contributed by atoms with E-state index in [2.05, 4.69) is 60.1 Å².